The van der Waals surface area contributed by atoms with Gasteiger partial charge in [0.25, 0.3) is 0 Å². The molecule has 0 radical (unpaired) electrons. The minimum Gasteiger partial charge on any atom is -0.480 e. The molecule has 1 aromatic rings. The van der Waals surface area contributed by atoms with Crippen LogP contribution in [0.3, 0.4) is 0 Å². The van der Waals surface area contributed by atoms with Crippen LogP contribution in [0.15, 0.2) is 42.0 Å². The van der Waals surface area contributed by atoms with Crippen LogP contribution in [0, 0.1) is 5.41 Å². The molecule has 0 aromatic heterocycles. The van der Waals surface area contributed by atoms with Crippen LogP contribution in [0.2, 0.25) is 0 Å². The van der Waals surface area contributed by atoms with Crippen molar-refractivity contribution in [3.8, 4) is 0 Å². The summed E-state index contributed by atoms with van der Waals surface area (Å²) in [5.41, 5.74) is -2.65. The lowest BCUT2D eigenvalue weighted by Crippen LogP contribution is -2.39. The fourth-order valence-corrected chi connectivity index (χ4v) is 2.42. The molecule has 4 N–H and O–H groups in total. The summed E-state index contributed by atoms with van der Waals surface area (Å²) in [5, 5.41) is 36.8. The summed E-state index contributed by atoms with van der Waals surface area (Å²) >= 11 is 0. The van der Waals surface area contributed by atoms with Gasteiger partial charge in [-0.1, -0.05) is 12.1 Å². The Balaban J connectivity index is 2.63. The van der Waals surface area contributed by atoms with E-state index in [-0.39, 0.29) is 16.7 Å². The van der Waals surface area contributed by atoms with E-state index in [0.29, 0.717) is 6.08 Å². The number of aliphatic carboxylic acids is 3. The van der Waals surface area contributed by atoms with Crippen molar-refractivity contribution in [1.29, 1.82) is 0 Å². The van der Waals surface area contributed by atoms with Crippen molar-refractivity contribution in [1.82, 2.24) is 0 Å². The molecule has 0 spiro atoms. The third-order valence-electron chi connectivity index (χ3n) is 3.69. The van der Waals surface area contributed by atoms with E-state index < -0.39 is 41.3 Å². The lowest BCUT2D eigenvalue weighted by Gasteiger charge is -2.27. The Labute approximate surface area is 135 Å². The second-order valence-corrected chi connectivity index (χ2v) is 5.22. The average molecular weight is 332 g/mol. The summed E-state index contributed by atoms with van der Waals surface area (Å²) in [6.45, 7) is 0. The third-order valence-corrected chi connectivity index (χ3v) is 3.69. The van der Waals surface area contributed by atoms with E-state index >= 15 is 0 Å². The van der Waals surface area contributed by atoms with Gasteiger partial charge in [-0.3, -0.25) is 9.59 Å². The maximum absolute atomic E-state index is 11.5. The molecule has 0 saturated carbocycles. The van der Waals surface area contributed by atoms with Crippen LogP contribution in [0.5, 0.6) is 0 Å². The highest BCUT2D eigenvalue weighted by atomic mass is 16.4. The third kappa shape index (κ3) is 2.89. The molecule has 1 aliphatic carbocycles. The monoisotopic (exact) mass is 332 g/mol. The maximum Gasteiger partial charge on any atom is 0.335 e. The summed E-state index contributed by atoms with van der Waals surface area (Å²) in [7, 11) is 0. The number of benzene rings is 1. The zero-order chi connectivity index (χ0) is 18.1. The molecule has 0 heterocycles. The summed E-state index contributed by atoms with van der Waals surface area (Å²) in [5.74, 6) is -6.10. The summed E-state index contributed by atoms with van der Waals surface area (Å²) in [4.78, 5) is 45.3. The minimum atomic E-state index is -2.43. The lowest BCUT2D eigenvalue weighted by molar-refractivity contribution is -0.160. The normalized spacial score (nSPS) is 15.8. The Kier molecular flexibility index (Phi) is 4.23. The standard InChI is InChI=1S/C16H12O8/c17-12(18)9-3-1-2-8(4-9)10-5-11(13(19)20)7-16(6-10,14(21)22)15(23)24/h1-5,7H,6H2,(H,17,18)(H,19,20)(H,21,22)(H,23,24). The summed E-state index contributed by atoms with van der Waals surface area (Å²) in [6.07, 6.45) is 1.33. The second kappa shape index (κ2) is 5.99. The van der Waals surface area contributed by atoms with Gasteiger partial charge in [0, 0.05) is 6.42 Å². The van der Waals surface area contributed by atoms with E-state index in [1.807, 2.05) is 0 Å². The molecule has 0 unspecified atom stereocenters. The fourth-order valence-electron chi connectivity index (χ4n) is 2.42. The second-order valence-electron chi connectivity index (χ2n) is 5.22. The molecule has 0 atom stereocenters. The maximum atomic E-state index is 11.5. The van der Waals surface area contributed by atoms with Gasteiger partial charge in [-0.25, -0.2) is 9.59 Å². The molecule has 0 saturated heterocycles. The van der Waals surface area contributed by atoms with Gasteiger partial charge in [0.15, 0.2) is 5.41 Å². The smallest absolute Gasteiger partial charge is 0.335 e. The van der Waals surface area contributed by atoms with Crippen molar-refractivity contribution < 1.29 is 39.6 Å². The predicted octanol–water partition coefficient (Wildman–Crippen LogP) is 1.34. The van der Waals surface area contributed by atoms with Crippen LogP contribution in [0.25, 0.3) is 5.57 Å². The molecular weight excluding hydrogens is 320 g/mol. The average Bonchev–Trinajstić information content (AvgIpc) is 2.53. The number of rotatable bonds is 5. The van der Waals surface area contributed by atoms with Crippen molar-refractivity contribution in [2.24, 2.45) is 5.41 Å². The highest BCUT2D eigenvalue weighted by Crippen LogP contribution is 2.39. The molecule has 0 fully saturated rings. The van der Waals surface area contributed by atoms with E-state index in [0.717, 1.165) is 6.08 Å². The minimum absolute atomic E-state index is 0.0870. The number of carboxylic acids is 4. The van der Waals surface area contributed by atoms with Crippen LogP contribution in [0.4, 0.5) is 0 Å². The van der Waals surface area contributed by atoms with Crippen LogP contribution in [-0.4, -0.2) is 44.3 Å². The Morgan fingerprint density at radius 1 is 0.917 bits per heavy atom. The van der Waals surface area contributed by atoms with Crippen molar-refractivity contribution in [2.75, 3.05) is 0 Å². The van der Waals surface area contributed by atoms with Gasteiger partial charge in [-0.15, -0.1) is 0 Å². The van der Waals surface area contributed by atoms with Gasteiger partial charge in [0.2, 0.25) is 0 Å². The van der Waals surface area contributed by atoms with Crippen molar-refractivity contribution >= 4 is 29.5 Å². The van der Waals surface area contributed by atoms with Crippen LogP contribution in [0.1, 0.15) is 22.3 Å². The highest BCUT2D eigenvalue weighted by Gasteiger charge is 2.48. The van der Waals surface area contributed by atoms with Crippen LogP contribution >= 0.6 is 0 Å². The zero-order valence-corrected chi connectivity index (χ0v) is 12.1. The topological polar surface area (TPSA) is 149 Å². The molecule has 1 aromatic carbocycles. The zero-order valence-electron chi connectivity index (χ0n) is 12.1. The van der Waals surface area contributed by atoms with E-state index in [9.17, 15) is 29.4 Å². The molecule has 0 amide bonds. The van der Waals surface area contributed by atoms with Crippen LogP contribution in [-0.2, 0) is 14.4 Å². The predicted molar refractivity (Wildman–Crippen MR) is 79.4 cm³/mol. The number of carboxylic acid groups (broad SMARTS) is 4. The highest BCUT2D eigenvalue weighted by molar-refractivity contribution is 6.07. The van der Waals surface area contributed by atoms with E-state index in [4.69, 9.17) is 10.2 Å². The molecule has 8 heteroatoms. The Bertz CT molecular complexity index is 801. The lowest BCUT2D eigenvalue weighted by atomic mass is 9.74. The number of hydrogen-bond donors (Lipinski definition) is 4. The first kappa shape index (κ1) is 16.9. The van der Waals surface area contributed by atoms with Gasteiger partial charge < -0.3 is 20.4 Å². The Hall–Kier alpha value is -3.42. The van der Waals surface area contributed by atoms with Crippen molar-refractivity contribution in [2.45, 2.75) is 6.42 Å². The first-order valence-electron chi connectivity index (χ1n) is 6.64. The SMILES string of the molecule is O=C(O)C1=CC(C(=O)O)(C(=O)O)CC(c2cccc(C(=O)O)c2)=C1. The van der Waals surface area contributed by atoms with Gasteiger partial charge in [-0.05, 0) is 35.4 Å². The number of allylic oxidation sites excluding steroid dienone is 1. The van der Waals surface area contributed by atoms with E-state index in [1.165, 1.54) is 24.3 Å². The molecular formula is C16H12O8. The summed E-state index contributed by atoms with van der Waals surface area (Å²) in [6, 6.07) is 5.40. The fraction of sp³-hybridized carbons (Fsp3) is 0.125. The van der Waals surface area contributed by atoms with Gasteiger partial charge >= 0.3 is 23.9 Å². The quantitative estimate of drug-likeness (QED) is 0.590. The molecule has 1 aliphatic rings. The molecule has 0 aliphatic heterocycles. The molecule has 8 nitrogen and oxygen atoms in total. The number of carbonyl (C=O) groups is 4. The Morgan fingerprint density at radius 2 is 1.54 bits per heavy atom. The van der Waals surface area contributed by atoms with Crippen molar-refractivity contribution in [3.05, 3.63) is 53.1 Å². The Morgan fingerprint density at radius 3 is 2.04 bits per heavy atom. The first-order chi connectivity index (χ1) is 11.2. The van der Waals surface area contributed by atoms with Gasteiger partial charge in [0.05, 0.1) is 11.1 Å². The van der Waals surface area contributed by atoms with Crippen molar-refractivity contribution in [3.63, 3.8) is 0 Å². The molecule has 124 valence electrons. The molecule has 0 bridgehead atoms. The van der Waals surface area contributed by atoms with E-state index in [2.05, 4.69) is 0 Å². The van der Waals surface area contributed by atoms with Gasteiger partial charge in [-0.2, -0.15) is 0 Å². The molecule has 24 heavy (non-hydrogen) atoms. The number of hydrogen-bond acceptors (Lipinski definition) is 4. The van der Waals surface area contributed by atoms with Crippen LogP contribution < -0.4 is 0 Å². The first-order valence-corrected chi connectivity index (χ1v) is 6.64. The number of aromatic carboxylic acids is 1. The van der Waals surface area contributed by atoms with E-state index in [1.54, 1.807) is 0 Å². The largest absolute Gasteiger partial charge is 0.480 e. The summed E-state index contributed by atoms with van der Waals surface area (Å²) < 4.78 is 0. The molecule has 2 rings (SSSR count). The van der Waals surface area contributed by atoms with Gasteiger partial charge in [0.1, 0.15) is 0 Å².